The molecular formula is C19H17N3O6. The standard InChI is InChI=1S/C19H17N3O6/c1-19(9-12-5-6-15-16(8-12)28-11-27-15)17(23)21(18(24)20-19)10-13-3-2-4-14(7-13)22(25)26/h2-8H,9-11H2,1H3,(H,20,24). The molecule has 0 radical (unpaired) electrons. The molecule has 2 aromatic carbocycles. The minimum Gasteiger partial charge on any atom is -0.454 e. The third kappa shape index (κ3) is 3.11. The lowest BCUT2D eigenvalue weighted by Crippen LogP contribution is -2.45. The van der Waals surface area contributed by atoms with E-state index < -0.39 is 16.5 Å². The molecule has 1 N–H and O–H groups in total. The molecule has 9 nitrogen and oxygen atoms in total. The highest BCUT2D eigenvalue weighted by Crippen LogP contribution is 2.34. The van der Waals surface area contributed by atoms with Gasteiger partial charge in [-0.25, -0.2) is 4.79 Å². The Kier molecular flexibility index (Phi) is 4.14. The Labute approximate surface area is 160 Å². The number of nitrogens with zero attached hydrogens (tertiary/aromatic N) is 2. The Morgan fingerprint density at radius 3 is 2.71 bits per heavy atom. The molecule has 0 aromatic heterocycles. The van der Waals surface area contributed by atoms with Crippen molar-refractivity contribution in [1.29, 1.82) is 0 Å². The largest absolute Gasteiger partial charge is 0.454 e. The summed E-state index contributed by atoms with van der Waals surface area (Å²) in [5.74, 6) is 0.857. The number of fused-ring (bicyclic) bond motifs is 1. The van der Waals surface area contributed by atoms with Gasteiger partial charge in [0.15, 0.2) is 11.5 Å². The van der Waals surface area contributed by atoms with Gasteiger partial charge in [0.1, 0.15) is 5.54 Å². The van der Waals surface area contributed by atoms with Gasteiger partial charge in [-0.3, -0.25) is 19.8 Å². The summed E-state index contributed by atoms with van der Waals surface area (Å²) in [5, 5.41) is 13.7. The van der Waals surface area contributed by atoms with Crippen molar-refractivity contribution in [2.24, 2.45) is 0 Å². The lowest BCUT2D eigenvalue weighted by atomic mass is 9.92. The second-order valence-electron chi connectivity index (χ2n) is 6.94. The lowest BCUT2D eigenvalue weighted by molar-refractivity contribution is -0.384. The molecule has 3 amide bonds. The van der Waals surface area contributed by atoms with E-state index in [1.807, 2.05) is 6.07 Å². The molecule has 0 spiro atoms. The van der Waals surface area contributed by atoms with Gasteiger partial charge in [0.2, 0.25) is 6.79 Å². The Morgan fingerprint density at radius 1 is 1.14 bits per heavy atom. The number of rotatable bonds is 5. The minimum absolute atomic E-state index is 0.0386. The molecule has 28 heavy (non-hydrogen) atoms. The summed E-state index contributed by atoms with van der Waals surface area (Å²) in [4.78, 5) is 36.9. The zero-order valence-electron chi connectivity index (χ0n) is 15.0. The quantitative estimate of drug-likeness (QED) is 0.482. The summed E-state index contributed by atoms with van der Waals surface area (Å²) < 4.78 is 10.6. The Balaban J connectivity index is 1.53. The first-order valence-corrected chi connectivity index (χ1v) is 8.62. The molecule has 2 aliphatic heterocycles. The van der Waals surface area contributed by atoms with E-state index in [9.17, 15) is 19.7 Å². The molecular weight excluding hydrogens is 366 g/mol. The normalized spacial score (nSPS) is 20.4. The summed E-state index contributed by atoms with van der Waals surface area (Å²) in [6, 6.07) is 10.7. The topological polar surface area (TPSA) is 111 Å². The van der Waals surface area contributed by atoms with Gasteiger partial charge < -0.3 is 14.8 Å². The number of ether oxygens (including phenoxy) is 2. The van der Waals surface area contributed by atoms with Crippen molar-refractivity contribution in [2.45, 2.75) is 25.4 Å². The van der Waals surface area contributed by atoms with Crippen LogP contribution in [0.25, 0.3) is 0 Å². The Morgan fingerprint density at radius 2 is 1.93 bits per heavy atom. The smallest absolute Gasteiger partial charge is 0.325 e. The molecule has 1 unspecified atom stereocenters. The zero-order chi connectivity index (χ0) is 19.9. The molecule has 144 valence electrons. The van der Waals surface area contributed by atoms with Crippen LogP contribution in [-0.4, -0.2) is 34.1 Å². The maximum atomic E-state index is 13.0. The summed E-state index contributed by atoms with van der Waals surface area (Å²) in [6.45, 7) is 1.77. The molecule has 1 atom stereocenters. The van der Waals surface area contributed by atoms with Crippen LogP contribution in [0.4, 0.5) is 10.5 Å². The molecule has 0 saturated carbocycles. The molecule has 2 aliphatic rings. The highest BCUT2D eigenvalue weighted by Gasteiger charge is 2.47. The van der Waals surface area contributed by atoms with Gasteiger partial charge in [0.05, 0.1) is 11.5 Å². The number of imide groups is 1. The van der Waals surface area contributed by atoms with E-state index in [0.717, 1.165) is 10.5 Å². The number of nitro benzene ring substituents is 1. The fourth-order valence-electron chi connectivity index (χ4n) is 3.42. The zero-order valence-corrected chi connectivity index (χ0v) is 15.0. The molecule has 2 aromatic rings. The third-order valence-corrected chi connectivity index (χ3v) is 4.80. The average molecular weight is 383 g/mol. The number of benzene rings is 2. The van der Waals surface area contributed by atoms with Crippen LogP contribution in [0.5, 0.6) is 11.5 Å². The Hall–Kier alpha value is -3.62. The number of amides is 3. The van der Waals surface area contributed by atoms with Crippen LogP contribution in [0.15, 0.2) is 42.5 Å². The monoisotopic (exact) mass is 383 g/mol. The molecule has 0 aliphatic carbocycles. The number of carbonyl (C=O) groups is 2. The first-order valence-electron chi connectivity index (χ1n) is 8.62. The highest BCUT2D eigenvalue weighted by molar-refractivity contribution is 6.06. The van der Waals surface area contributed by atoms with Crippen LogP contribution in [0.2, 0.25) is 0 Å². The summed E-state index contributed by atoms with van der Waals surface area (Å²) in [6.07, 6.45) is 0.277. The number of carbonyl (C=O) groups excluding carboxylic acids is 2. The van der Waals surface area contributed by atoms with Crippen LogP contribution >= 0.6 is 0 Å². The molecule has 1 saturated heterocycles. The molecule has 1 fully saturated rings. The van der Waals surface area contributed by atoms with Crippen LogP contribution < -0.4 is 14.8 Å². The summed E-state index contributed by atoms with van der Waals surface area (Å²) >= 11 is 0. The average Bonchev–Trinajstić information content (AvgIpc) is 3.20. The second-order valence-corrected chi connectivity index (χ2v) is 6.94. The fraction of sp³-hybridized carbons (Fsp3) is 0.263. The van der Waals surface area contributed by atoms with Gasteiger partial charge >= 0.3 is 6.03 Å². The highest BCUT2D eigenvalue weighted by atomic mass is 16.7. The van der Waals surface area contributed by atoms with E-state index in [1.54, 1.807) is 25.1 Å². The van der Waals surface area contributed by atoms with Gasteiger partial charge in [-0.15, -0.1) is 0 Å². The first-order chi connectivity index (χ1) is 13.4. The van der Waals surface area contributed by atoms with Crippen LogP contribution in [0.1, 0.15) is 18.1 Å². The van der Waals surface area contributed by atoms with Crippen molar-refractivity contribution < 1.29 is 24.0 Å². The van der Waals surface area contributed by atoms with Crippen LogP contribution in [-0.2, 0) is 17.8 Å². The van der Waals surface area contributed by atoms with Crippen molar-refractivity contribution in [1.82, 2.24) is 10.2 Å². The van der Waals surface area contributed by atoms with Crippen molar-refractivity contribution in [2.75, 3.05) is 6.79 Å². The van der Waals surface area contributed by atoms with E-state index >= 15 is 0 Å². The van der Waals surface area contributed by atoms with E-state index in [0.29, 0.717) is 17.1 Å². The van der Waals surface area contributed by atoms with Gasteiger partial charge in [0, 0.05) is 18.6 Å². The van der Waals surface area contributed by atoms with Gasteiger partial charge in [0.25, 0.3) is 11.6 Å². The lowest BCUT2D eigenvalue weighted by Gasteiger charge is -2.22. The summed E-state index contributed by atoms with van der Waals surface area (Å²) in [5.41, 5.74) is 0.112. The number of nitrogens with one attached hydrogen (secondary N) is 1. The fourth-order valence-corrected chi connectivity index (χ4v) is 3.42. The molecule has 0 bridgehead atoms. The number of hydrogen-bond acceptors (Lipinski definition) is 6. The van der Waals surface area contributed by atoms with E-state index in [1.165, 1.54) is 18.2 Å². The molecule has 9 heteroatoms. The van der Waals surface area contributed by atoms with E-state index in [-0.39, 0.29) is 31.4 Å². The van der Waals surface area contributed by atoms with Gasteiger partial charge in [-0.2, -0.15) is 0 Å². The van der Waals surface area contributed by atoms with Gasteiger partial charge in [-0.1, -0.05) is 18.2 Å². The second kappa shape index (κ2) is 6.52. The van der Waals surface area contributed by atoms with Crippen molar-refractivity contribution in [3.05, 3.63) is 63.7 Å². The maximum Gasteiger partial charge on any atom is 0.325 e. The van der Waals surface area contributed by atoms with E-state index in [4.69, 9.17) is 9.47 Å². The predicted molar refractivity (Wildman–Crippen MR) is 96.9 cm³/mol. The maximum absolute atomic E-state index is 13.0. The number of non-ortho nitro benzene ring substituents is 1. The number of nitro groups is 1. The SMILES string of the molecule is CC1(Cc2ccc3c(c2)OCO3)NC(=O)N(Cc2cccc([N+](=O)[O-])c2)C1=O. The van der Waals surface area contributed by atoms with Crippen LogP contribution in [0, 0.1) is 10.1 Å². The first kappa shape index (κ1) is 17.8. The minimum atomic E-state index is -1.12. The third-order valence-electron chi connectivity index (χ3n) is 4.80. The number of urea groups is 1. The predicted octanol–water partition coefficient (Wildman–Crippen LogP) is 2.38. The van der Waals surface area contributed by atoms with Crippen molar-refractivity contribution >= 4 is 17.6 Å². The van der Waals surface area contributed by atoms with E-state index in [2.05, 4.69) is 5.32 Å². The molecule has 4 rings (SSSR count). The van der Waals surface area contributed by atoms with Gasteiger partial charge in [-0.05, 0) is 30.2 Å². The van der Waals surface area contributed by atoms with Crippen molar-refractivity contribution in [3.8, 4) is 11.5 Å². The van der Waals surface area contributed by atoms with Crippen molar-refractivity contribution in [3.63, 3.8) is 0 Å². The number of hydrogen-bond donors (Lipinski definition) is 1. The van der Waals surface area contributed by atoms with Crippen LogP contribution in [0.3, 0.4) is 0 Å². The molecule has 2 heterocycles. The summed E-state index contributed by atoms with van der Waals surface area (Å²) in [7, 11) is 0. The Bertz CT molecular complexity index is 991.